The first kappa shape index (κ1) is 18.4. The molecule has 1 unspecified atom stereocenters. The largest absolute Gasteiger partial charge is 0.357 e. The highest BCUT2D eigenvalue weighted by Crippen LogP contribution is 2.36. The predicted octanol–water partition coefficient (Wildman–Crippen LogP) is 3.74. The number of benzene rings is 1. The van der Waals surface area contributed by atoms with E-state index in [4.69, 9.17) is 0 Å². The number of H-pyrrole nitrogens is 1. The van der Waals surface area contributed by atoms with Crippen molar-refractivity contribution in [2.45, 2.75) is 31.1 Å². The van der Waals surface area contributed by atoms with Crippen LogP contribution in [0.5, 0.6) is 0 Å². The van der Waals surface area contributed by atoms with Crippen LogP contribution in [0.1, 0.15) is 25.5 Å². The average Bonchev–Trinajstić information content (AvgIpc) is 3.13. The number of fused-ring (bicyclic) bond motifs is 1. The topological polar surface area (TPSA) is 52.2 Å². The van der Waals surface area contributed by atoms with E-state index in [9.17, 15) is 0 Å². The molecule has 1 aliphatic rings. The number of aromatic nitrogens is 1. The zero-order valence-electron chi connectivity index (χ0n) is 13.7. The molecule has 2 aromatic rings. The van der Waals surface area contributed by atoms with Crippen LogP contribution in [0.25, 0.3) is 10.9 Å². The lowest BCUT2D eigenvalue weighted by atomic mass is 10.1. The number of nitrogens with zero attached hydrogens (tertiary/aromatic N) is 1. The Kier molecular flexibility index (Phi) is 6.64. The second-order valence-corrected chi connectivity index (χ2v) is 7.75. The van der Waals surface area contributed by atoms with E-state index in [0.717, 1.165) is 19.0 Å². The van der Waals surface area contributed by atoms with Gasteiger partial charge in [0.15, 0.2) is 5.96 Å². The molecule has 3 rings (SSSR count). The monoisotopic (exact) mass is 444 g/mol. The number of aromatic amines is 1. The number of hydrogen-bond donors (Lipinski definition) is 3. The van der Waals surface area contributed by atoms with Crippen molar-refractivity contribution in [3.05, 3.63) is 36.0 Å². The van der Waals surface area contributed by atoms with E-state index < -0.39 is 0 Å². The Morgan fingerprint density at radius 2 is 2.17 bits per heavy atom. The second kappa shape index (κ2) is 8.28. The Hall–Kier alpha value is -0.890. The van der Waals surface area contributed by atoms with Gasteiger partial charge in [0.25, 0.3) is 0 Å². The van der Waals surface area contributed by atoms with Gasteiger partial charge in [0.05, 0.1) is 6.54 Å². The summed E-state index contributed by atoms with van der Waals surface area (Å²) in [4.78, 5) is 7.75. The minimum atomic E-state index is 0. The van der Waals surface area contributed by atoms with Gasteiger partial charge in [-0.3, -0.25) is 4.99 Å². The molecule has 1 fully saturated rings. The van der Waals surface area contributed by atoms with Gasteiger partial charge in [-0.1, -0.05) is 18.2 Å². The van der Waals surface area contributed by atoms with Crippen LogP contribution in [0.15, 0.2) is 35.3 Å². The minimum absolute atomic E-state index is 0. The molecule has 1 aromatic heterocycles. The van der Waals surface area contributed by atoms with E-state index >= 15 is 0 Å². The third-order valence-electron chi connectivity index (χ3n) is 4.19. The van der Waals surface area contributed by atoms with Crippen molar-refractivity contribution >= 4 is 52.6 Å². The molecule has 126 valence electrons. The summed E-state index contributed by atoms with van der Waals surface area (Å²) in [6, 6.07) is 10.5. The molecule has 1 aliphatic heterocycles. The second-order valence-electron chi connectivity index (χ2n) is 6.06. The molecule has 0 saturated carbocycles. The maximum Gasteiger partial charge on any atom is 0.191 e. The number of thioether (sulfide) groups is 1. The Morgan fingerprint density at radius 1 is 1.35 bits per heavy atom. The Balaban J connectivity index is 0.00000192. The molecule has 0 aliphatic carbocycles. The standard InChI is InChI=1S/C17H24N4S.HI/c1-17(8-5-9-22-17)12-20-16(18-2)19-11-14-10-13-6-3-4-7-15(13)21-14;/h3-4,6-7,10,21H,5,8-9,11-12H2,1-2H3,(H2,18,19,20);1H. The van der Waals surface area contributed by atoms with Crippen LogP contribution in [-0.4, -0.2) is 35.0 Å². The summed E-state index contributed by atoms with van der Waals surface area (Å²) < 4.78 is 0.346. The Morgan fingerprint density at radius 3 is 2.87 bits per heavy atom. The van der Waals surface area contributed by atoms with Gasteiger partial charge in [0.1, 0.15) is 0 Å². The molecule has 3 N–H and O–H groups in total. The van der Waals surface area contributed by atoms with Crippen LogP contribution < -0.4 is 10.6 Å². The number of halogens is 1. The van der Waals surface area contributed by atoms with E-state index in [1.165, 1.54) is 35.2 Å². The molecule has 1 saturated heterocycles. The molecule has 0 spiro atoms. The van der Waals surface area contributed by atoms with Crippen molar-refractivity contribution in [1.29, 1.82) is 0 Å². The third-order valence-corrected chi connectivity index (χ3v) is 5.72. The number of guanidine groups is 1. The zero-order valence-corrected chi connectivity index (χ0v) is 16.8. The smallest absolute Gasteiger partial charge is 0.191 e. The van der Waals surface area contributed by atoms with Gasteiger partial charge in [-0.05, 0) is 43.0 Å². The van der Waals surface area contributed by atoms with E-state index in [-0.39, 0.29) is 24.0 Å². The number of rotatable bonds is 4. The van der Waals surface area contributed by atoms with Crippen LogP contribution in [0.2, 0.25) is 0 Å². The van der Waals surface area contributed by atoms with Crippen molar-refractivity contribution in [1.82, 2.24) is 15.6 Å². The maximum atomic E-state index is 4.32. The first-order valence-corrected chi connectivity index (χ1v) is 8.82. The Bertz CT molecular complexity index is 628. The normalized spacial score (nSPS) is 21.2. The minimum Gasteiger partial charge on any atom is -0.357 e. The number of para-hydroxylation sites is 1. The fourth-order valence-corrected chi connectivity index (χ4v) is 4.12. The SMILES string of the molecule is CN=C(NCc1cc2ccccc2[nH]1)NCC1(C)CCCS1.I. The highest BCUT2D eigenvalue weighted by molar-refractivity contribution is 14.0. The molecular weight excluding hydrogens is 419 g/mol. The quantitative estimate of drug-likeness (QED) is 0.383. The summed E-state index contributed by atoms with van der Waals surface area (Å²) in [6.07, 6.45) is 2.60. The van der Waals surface area contributed by atoms with Gasteiger partial charge < -0.3 is 15.6 Å². The van der Waals surface area contributed by atoms with Gasteiger partial charge in [0, 0.05) is 29.6 Å². The van der Waals surface area contributed by atoms with Gasteiger partial charge >= 0.3 is 0 Å². The number of aliphatic imine (C=N–C) groups is 1. The number of hydrogen-bond acceptors (Lipinski definition) is 2. The number of nitrogens with one attached hydrogen (secondary N) is 3. The van der Waals surface area contributed by atoms with Crippen LogP contribution in [0, 0.1) is 0 Å². The third kappa shape index (κ3) is 4.79. The van der Waals surface area contributed by atoms with Gasteiger partial charge in [0.2, 0.25) is 0 Å². The van der Waals surface area contributed by atoms with Crippen molar-refractivity contribution in [3.63, 3.8) is 0 Å². The summed E-state index contributed by atoms with van der Waals surface area (Å²) in [5.74, 6) is 2.15. The summed E-state index contributed by atoms with van der Waals surface area (Å²) in [5, 5.41) is 8.09. The molecule has 0 bridgehead atoms. The van der Waals surface area contributed by atoms with Crippen molar-refractivity contribution in [3.8, 4) is 0 Å². The van der Waals surface area contributed by atoms with Crippen LogP contribution in [0.3, 0.4) is 0 Å². The summed E-state index contributed by atoms with van der Waals surface area (Å²) in [6.45, 7) is 4.05. The van der Waals surface area contributed by atoms with Gasteiger partial charge in [-0.15, -0.1) is 24.0 Å². The van der Waals surface area contributed by atoms with E-state index in [0.29, 0.717) is 4.75 Å². The summed E-state index contributed by atoms with van der Waals surface area (Å²) in [5.41, 5.74) is 2.35. The first-order valence-electron chi connectivity index (χ1n) is 7.84. The van der Waals surface area contributed by atoms with Crippen LogP contribution in [-0.2, 0) is 6.54 Å². The van der Waals surface area contributed by atoms with Crippen molar-refractivity contribution in [2.75, 3.05) is 19.3 Å². The fraction of sp³-hybridized carbons (Fsp3) is 0.471. The lowest BCUT2D eigenvalue weighted by molar-refractivity contribution is 0.584. The van der Waals surface area contributed by atoms with E-state index in [1.54, 1.807) is 0 Å². The molecule has 2 heterocycles. The average molecular weight is 444 g/mol. The van der Waals surface area contributed by atoms with Crippen LogP contribution in [0.4, 0.5) is 0 Å². The molecule has 4 nitrogen and oxygen atoms in total. The molecule has 0 amide bonds. The van der Waals surface area contributed by atoms with E-state index in [1.807, 2.05) is 7.05 Å². The molecule has 0 radical (unpaired) electrons. The predicted molar refractivity (Wildman–Crippen MR) is 112 cm³/mol. The molecular formula is C17H25IN4S. The zero-order chi connectivity index (χ0) is 15.4. The van der Waals surface area contributed by atoms with Gasteiger partial charge in [-0.2, -0.15) is 11.8 Å². The lowest BCUT2D eigenvalue weighted by Crippen LogP contribution is -2.43. The van der Waals surface area contributed by atoms with Crippen LogP contribution >= 0.6 is 35.7 Å². The van der Waals surface area contributed by atoms with Crippen molar-refractivity contribution < 1.29 is 0 Å². The fourth-order valence-electron chi connectivity index (χ4n) is 2.88. The molecule has 1 atom stereocenters. The first-order chi connectivity index (χ1) is 10.7. The summed E-state index contributed by atoms with van der Waals surface area (Å²) in [7, 11) is 1.82. The van der Waals surface area contributed by atoms with E-state index in [2.05, 4.69) is 69.6 Å². The van der Waals surface area contributed by atoms with Crippen molar-refractivity contribution in [2.24, 2.45) is 4.99 Å². The lowest BCUT2D eigenvalue weighted by Gasteiger charge is -2.24. The Labute approximate surface area is 159 Å². The molecule has 23 heavy (non-hydrogen) atoms. The molecule has 6 heteroatoms. The summed E-state index contributed by atoms with van der Waals surface area (Å²) >= 11 is 2.06. The highest BCUT2D eigenvalue weighted by Gasteiger charge is 2.29. The van der Waals surface area contributed by atoms with Gasteiger partial charge in [-0.25, -0.2) is 0 Å². The highest BCUT2D eigenvalue weighted by atomic mass is 127. The molecule has 1 aromatic carbocycles. The maximum absolute atomic E-state index is 4.32.